The first-order valence-corrected chi connectivity index (χ1v) is 8.90. The molecule has 3 rings (SSSR count). The number of aromatic nitrogens is 1. The molecule has 0 unspecified atom stereocenters. The van der Waals surface area contributed by atoms with Crippen molar-refractivity contribution in [3.8, 4) is 28.7 Å². The van der Waals surface area contributed by atoms with Crippen molar-refractivity contribution in [2.75, 3.05) is 21.3 Å². The molecule has 1 amide bonds. The van der Waals surface area contributed by atoms with Crippen molar-refractivity contribution in [3.05, 3.63) is 66.1 Å². The van der Waals surface area contributed by atoms with E-state index < -0.39 is 0 Å². The Morgan fingerprint density at radius 3 is 2.48 bits per heavy atom. The summed E-state index contributed by atoms with van der Waals surface area (Å²) in [6, 6.07) is 10.9. The number of benzene rings is 1. The van der Waals surface area contributed by atoms with Crippen LogP contribution in [-0.4, -0.2) is 32.2 Å². The number of carbonyl (C=O) groups excluding carboxylic acids is 1. The lowest BCUT2D eigenvalue weighted by Gasteiger charge is -2.12. The van der Waals surface area contributed by atoms with Crippen LogP contribution >= 0.6 is 0 Å². The third-order valence-electron chi connectivity index (χ3n) is 4.21. The summed E-state index contributed by atoms with van der Waals surface area (Å²) >= 11 is 0. The first kappa shape index (κ1) is 20.0. The Morgan fingerprint density at radius 1 is 1.10 bits per heavy atom. The lowest BCUT2D eigenvalue weighted by Crippen LogP contribution is -2.20. The monoisotopic (exact) mass is 394 g/mol. The van der Waals surface area contributed by atoms with Crippen molar-refractivity contribution in [1.29, 1.82) is 0 Å². The van der Waals surface area contributed by atoms with Crippen LogP contribution in [0.1, 0.15) is 11.1 Å². The Hall–Kier alpha value is -3.74. The van der Waals surface area contributed by atoms with Crippen LogP contribution in [0.5, 0.6) is 17.2 Å². The molecule has 0 aliphatic carbocycles. The molecule has 0 aliphatic heterocycles. The van der Waals surface area contributed by atoms with Gasteiger partial charge in [0.2, 0.25) is 11.7 Å². The summed E-state index contributed by atoms with van der Waals surface area (Å²) in [6.07, 6.45) is 6.40. The van der Waals surface area contributed by atoms with Crippen LogP contribution in [0.15, 0.2) is 59.4 Å². The number of nitrogens with zero attached hydrogens (tertiary/aromatic N) is 1. The summed E-state index contributed by atoms with van der Waals surface area (Å²) in [7, 11) is 4.63. The third kappa shape index (κ3) is 4.76. The Labute approximate surface area is 168 Å². The molecule has 2 heterocycles. The molecule has 1 aromatic carbocycles. The Balaban J connectivity index is 1.70. The highest BCUT2D eigenvalue weighted by Crippen LogP contribution is 2.38. The van der Waals surface area contributed by atoms with Gasteiger partial charge in [-0.1, -0.05) is 6.07 Å². The molecule has 0 saturated heterocycles. The molecule has 0 bridgehead atoms. The number of rotatable bonds is 8. The minimum atomic E-state index is -0.243. The van der Waals surface area contributed by atoms with Crippen LogP contribution in [-0.2, 0) is 11.3 Å². The molecule has 7 heteroatoms. The second-order valence-electron chi connectivity index (χ2n) is 6.00. The highest BCUT2D eigenvalue weighted by molar-refractivity contribution is 5.92. The number of hydrogen-bond acceptors (Lipinski definition) is 6. The maximum atomic E-state index is 12.3. The molecule has 1 N–H and O–H groups in total. The maximum absolute atomic E-state index is 12.3. The fraction of sp³-hybridized carbons (Fsp3) is 0.182. The quantitative estimate of drug-likeness (QED) is 0.587. The molecule has 0 aliphatic rings. The zero-order valence-corrected chi connectivity index (χ0v) is 16.5. The van der Waals surface area contributed by atoms with Crippen molar-refractivity contribution in [2.24, 2.45) is 0 Å². The SMILES string of the molecule is COc1cc(/C=C/C(=O)NCc2cccnc2-c2ccco2)cc(OC)c1OC. The van der Waals surface area contributed by atoms with Gasteiger partial charge in [-0.05, 0) is 42.0 Å². The second kappa shape index (κ2) is 9.45. The number of nitrogens with one attached hydrogen (secondary N) is 1. The first-order chi connectivity index (χ1) is 14.2. The van der Waals surface area contributed by atoms with Gasteiger partial charge >= 0.3 is 0 Å². The van der Waals surface area contributed by atoms with E-state index in [1.807, 2.05) is 18.2 Å². The van der Waals surface area contributed by atoms with E-state index in [1.165, 1.54) is 6.08 Å². The standard InChI is InChI=1S/C22H22N2O5/c1-26-18-12-15(13-19(27-2)22(18)28-3)8-9-20(25)24-14-16-6-4-10-23-21(16)17-7-5-11-29-17/h4-13H,14H2,1-3H3,(H,24,25)/b9-8+. The second-order valence-corrected chi connectivity index (χ2v) is 6.00. The number of carbonyl (C=O) groups is 1. The zero-order chi connectivity index (χ0) is 20.6. The summed E-state index contributed by atoms with van der Waals surface area (Å²) in [5, 5.41) is 2.86. The van der Waals surface area contributed by atoms with Crippen molar-refractivity contribution < 1.29 is 23.4 Å². The molecule has 0 fully saturated rings. The molecule has 0 spiro atoms. The molecule has 150 valence electrons. The number of hydrogen-bond donors (Lipinski definition) is 1. The summed E-state index contributed by atoms with van der Waals surface area (Å²) in [5.74, 6) is 1.95. The van der Waals surface area contributed by atoms with E-state index in [0.717, 1.165) is 11.1 Å². The van der Waals surface area contributed by atoms with Crippen LogP contribution in [0, 0.1) is 0 Å². The smallest absolute Gasteiger partial charge is 0.244 e. The van der Waals surface area contributed by atoms with Gasteiger partial charge in [-0.15, -0.1) is 0 Å². The van der Waals surface area contributed by atoms with Crippen LogP contribution in [0.25, 0.3) is 17.5 Å². The van der Waals surface area contributed by atoms with Gasteiger partial charge in [-0.25, -0.2) is 0 Å². The van der Waals surface area contributed by atoms with E-state index >= 15 is 0 Å². The lowest BCUT2D eigenvalue weighted by atomic mass is 10.1. The summed E-state index contributed by atoms with van der Waals surface area (Å²) in [4.78, 5) is 16.6. The first-order valence-electron chi connectivity index (χ1n) is 8.90. The summed E-state index contributed by atoms with van der Waals surface area (Å²) < 4.78 is 21.4. The van der Waals surface area contributed by atoms with E-state index in [1.54, 1.807) is 58.1 Å². The molecule has 0 atom stereocenters. The molecular weight excluding hydrogens is 372 g/mol. The lowest BCUT2D eigenvalue weighted by molar-refractivity contribution is -0.116. The largest absolute Gasteiger partial charge is 0.493 e. The van der Waals surface area contributed by atoms with Gasteiger partial charge in [0.05, 0.1) is 27.6 Å². The molecular formula is C22H22N2O5. The topological polar surface area (TPSA) is 82.8 Å². The van der Waals surface area contributed by atoms with Crippen LogP contribution in [0.2, 0.25) is 0 Å². The molecule has 0 saturated carbocycles. The fourth-order valence-corrected chi connectivity index (χ4v) is 2.83. The molecule has 7 nitrogen and oxygen atoms in total. The zero-order valence-electron chi connectivity index (χ0n) is 16.5. The molecule has 2 aromatic heterocycles. The average Bonchev–Trinajstić information content (AvgIpc) is 3.30. The Bertz CT molecular complexity index is 971. The maximum Gasteiger partial charge on any atom is 0.244 e. The molecule has 3 aromatic rings. The summed E-state index contributed by atoms with van der Waals surface area (Å²) in [5.41, 5.74) is 2.30. The van der Waals surface area contributed by atoms with E-state index in [4.69, 9.17) is 18.6 Å². The number of furan rings is 1. The Morgan fingerprint density at radius 2 is 1.86 bits per heavy atom. The minimum absolute atomic E-state index is 0.243. The van der Waals surface area contributed by atoms with Crippen molar-refractivity contribution in [2.45, 2.75) is 6.54 Å². The number of methoxy groups -OCH3 is 3. The number of pyridine rings is 1. The number of amides is 1. The van der Waals surface area contributed by atoms with Gasteiger partial charge in [0.1, 0.15) is 5.69 Å². The van der Waals surface area contributed by atoms with Gasteiger partial charge in [-0.3, -0.25) is 9.78 Å². The van der Waals surface area contributed by atoms with E-state index in [-0.39, 0.29) is 5.91 Å². The van der Waals surface area contributed by atoms with Crippen LogP contribution < -0.4 is 19.5 Å². The van der Waals surface area contributed by atoms with E-state index in [2.05, 4.69) is 10.3 Å². The van der Waals surface area contributed by atoms with Crippen molar-refractivity contribution in [1.82, 2.24) is 10.3 Å². The highest BCUT2D eigenvalue weighted by atomic mass is 16.5. The average molecular weight is 394 g/mol. The third-order valence-corrected chi connectivity index (χ3v) is 4.21. The van der Waals surface area contributed by atoms with Gasteiger partial charge in [0.25, 0.3) is 0 Å². The predicted octanol–water partition coefficient (Wildman–Crippen LogP) is 3.70. The number of ether oxygens (including phenoxy) is 3. The predicted molar refractivity (Wildman–Crippen MR) is 109 cm³/mol. The van der Waals surface area contributed by atoms with Crippen molar-refractivity contribution in [3.63, 3.8) is 0 Å². The van der Waals surface area contributed by atoms with E-state index in [0.29, 0.717) is 35.2 Å². The molecule has 29 heavy (non-hydrogen) atoms. The Kier molecular flexibility index (Phi) is 6.52. The van der Waals surface area contributed by atoms with Gasteiger partial charge in [0, 0.05) is 24.4 Å². The highest BCUT2D eigenvalue weighted by Gasteiger charge is 2.12. The van der Waals surface area contributed by atoms with Gasteiger partial charge in [-0.2, -0.15) is 0 Å². The van der Waals surface area contributed by atoms with Crippen LogP contribution in [0.4, 0.5) is 0 Å². The van der Waals surface area contributed by atoms with Crippen LogP contribution in [0.3, 0.4) is 0 Å². The minimum Gasteiger partial charge on any atom is -0.493 e. The van der Waals surface area contributed by atoms with E-state index in [9.17, 15) is 4.79 Å². The molecule has 0 radical (unpaired) electrons. The van der Waals surface area contributed by atoms with Gasteiger partial charge in [0.15, 0.2) is 17.3 Å². The fourth-order valence-electron chi connectivity index (χ4n) is 2.83. The normalized spacial score (nSPS) is 10.7. The summed E-state index contributed by atoms with van der Waals surface area (Å²) in [6.45, 7) is 0.322. The van der Waals surface area contributed by atoms with Crippen molar-refractivity contribution >= 4 is 12.0 Å². The van der Waals surface area contributed by atoms with Gasteiger partial charge < -0.3 is 23.9 Å².